The minimum atomic E-state index is -1.04. The number of fused-ring (bicyclic) bond motifs is 13. The molecule has 13 rings (SSSR count). The van der Waals surface area contributed by atoms with E-state index < -0.39 is 17.9 Å². The Labute approximate surface area is 527 Å². The largest absolute Gasteiger partial charge is 0.494 e. The van der Waals surface area contributed by atoms with E-state index in [1.54, 1.807) is 78.4 Å². The minimum absolute atomic E-state index is 0.140. The van der Waals surface area contributed by atoms with E-state index in [2.05, 4.69) is 62.8 Å². The van der Waals surface area contributed by atoms with Crippen molar-refractivity contribution >= 4 is 64.3 Å². The van der Waals surface area contributed by atoms with E-state index >= 15 is 0 Å². The summed E-state index contributed by atoms with van der Waals surface area (Å²) in [7, 11) is 0. The third-order valence-electron chi connectivity index (χ3n) is 21.6. The number of carboxylic acid groups (broad SMARTS) is 3. The summed E-state index contributed by atoms with van der Waals surface area (Å²) < 4.78 is 13.1. The first-order chi connectivity index (χ1) is 43.5. The molecule has 8 atom stereocenters. The van der Waals surface area contributed by atoms with Gasteiger partial charge in [0.2, 0.25) is 0 Å². The lowest BCUT2D eigenvalue weighted by Gasteiger charge is -2.58. The lowest BCUT2D eigenvalue weighted by molar-refractivity contribution is -0.0641. The number of carboxylic acids is 3. The molecule has 0 radical (unpaired) electrons. The van der Waals surface area contributed by atoms with Crippen LogP contribution in [0.15, 0.2) is 133 Å². The molecule has 3 fully saturated rings. The number of allylic oxidation sites excluding steroid dienone is 1. The van der Waals surface area contributed by atoms with Crippen LogP contribution in [0.25, 0.3) is 90.9 Å². The molecule has 5 heterocycles. The van der Waals surface area contributed by atoms with E-state index in [4.69, 9.17) is 19.4 Å². The normalized spacial score (nSPS) is 22.8. The number of H-pyrrole nitrogens is 2. The van der Waals surface area contributed by atoms with E-state index in [0.717, 1.165) is 118 Å². The molecule has 0 saturated heterocycles. The van der Waals surface area contributed by atoms with Crippen LogP contribution in [0.2, 0.25) is 0 Å². The zero-order chi connectivity index (χ0) is 62.4. The summed E-state index contributed by atoms with van der Waals surface area (Å²) in [5, 5.41) is 29.6. The Morgan fingerprint density at radius 3 is 1.44 bits per heavy atom. The summed E-state index contributed by atoms with van der Waals surface area (Å²) in [6.45, 7) is 13.9. The smallest absolute Gasteiger partial charge is 0.335 e. The Hall–Kier alpha value is -8.61. The highest BCUT2D eigenvalue weighted by atomic mass is 16.5. The second-order valence-corrected chi connectivity index (χ2v) is 27.3. The maximum absolute atomic E-state index is 12.1. The van der Waals surface area contributed by atoms with Gasteiger partial charge in [-0.15, -0.1) is 0 Å². The maximum atomic E-state index is 12.1. The third kappa shape index (κ3) is 11.7. The topological polar surface area (TPSA) is 188 Å². The molecule has 6 aliphatic rings. The van der Waals surface area contributed by atoms with Crippen molar-refractivity contribution in [3.8, 4) is 50.3 Å². The van der Waals surface area contributed by atoms with Gasteiger partial charge in [0.15, 0.2) is 0 Å². The number of ether oxygens (including phenoxy) is 2. The lowest BCUT2D eigenvalue weighted by Crippen LogP contribution is -2.51. The van der Waals surface area contributed by atoms with E-state index in [0.29, 0.717) is 62.4 Å². The van der Waals surface area contributed by atoms with Gasteiger partial charge in [-0.2, -0.15) is 0 Å². The van der Waals surface area contributed by atoms with Crippen LogP contribution in [0.1, 0.15) is 172 Å². The fraction of sp³-hybridized carbons (Fsp3) is 0.372. The molecule has 3 saturated carbocycles. The van der Waals surface area contributed by atoms with Crippen LogP contribution in [0.5, 0.6) is 5.75 Å². The van der Waals surface area contributed by atoms with Crippen LogP contribution in [-0.2, 0) is 4.74 Å². The van der Waals surface area contributed by atoms with Crippen molar-refractivity contribution in [2.24, 2.45) is 46.3 Å². The first-order valence-electron chi connectivity index (χ1n) is 32.7. The first-order valence-corrected chi connectivity index (χ1v) is 32.7. The zero-order valence-electron chi connectivity index (χ0n) is 52.4. The number of aromatic nitrogens is 4. The van der Waals surface area contributed by atoms with Gasteiger partial charge < -0.3 is 34.8 Å². The molecule has 12 heteroatoms. The van der Waals surface area contributed by atoms with Gasteiger partial charge in [0.05, 0.1) is 52.2 Å². The quantitative estimate of drug-likeness (QED) is 0.0385. The summed E-state index contributed by atoms with van der Waals surface area (Å²) in [4.78, 5) is 54.3. The second kappa shape index (κ2) is 25.0. The standard InChI is InChI=1S/C78H82N4O8/c1-46(2)9-8-10-47(3)59-29-30-60-58-28-25-55-45-57(39-41-77(55,4)61(58)40-42-78(59,60)5)90-44-7-6-43-89-56-26-23-51(24-27-56)73-68-37-35-66(81-68)71(49-13-19-53(20-14-49)75(85)86)64-33-31-62(79-64)70(48-11-17-52(18-12-48)74(83)84)63-32-34-65(80-63)72(67-36-38-69(73)82-67)50-15-21-54(22-16-50)76(87)88/h11-27,31-38,46-47,57-61,79,82H,6-10,28-30,39-45H2,1-5H3,(H,83,84)(H,85,86)(H,87,88)/t47-,57+,58+,59-,60+,61+,77+,78-/m1/s1. The van der Waals surface area contributed by atoms with Crippen molar-refractivity contribution in [1.82, 2.24) is 19.9 Å². The number of hydrogen-bond donors (Lipinski definition) is 5. The number of rotatable bonds is 19. The van der Waals surface area contributed by atoms with Gasteiger partial charge in [0, 0.05) is 50.9 Å². The molecule has 2 aliphatic heterocycles. The van der Waals surface area contributed by atoms with Crippen LogP contribution >= 0.6 is 0 Å². The number of carbonyl (C=O) groups is 3. The highest BCUT2D eigenvalue weighted by Gasteiger charge is 2.59. The molecular formula is C78H82N4O8. The van der Waals surface area contributed by atoms with Crippen molar-refractivity contribution in [3.63, 3.8) is 0 Å². The molecule has 0 amide bonds. The second-order valence-electron chi connectivity index (χ2n) is 27.3. The summed E-state index contributed by atoms with van der Waals surface area (Å²) in [6, 6.07) is 36.2. The van der Waals surface area contributed by atoms with E-state index in [-0.39, 0.29) is 22.8 Å². The molecule has 4 aromatic carbocycles. The van der Waals surface area contributed by atoms with Crippen LogP contribution in [-0.4, -0.2) is 72.5 Å². The van der Waals surface area contributed by atoms with Crippen LogP contribution in [0.4, 0.5) is 0 Å². The molecule has 7 aromatic rings. The molecule has 5 N–H and O–H groups in total. The molecule has 8 bridgehead atoms. The number of hydrogen-bond acceptors (Lipinski definition) is 7. The number of nitrogens with one attached hydrogen (secondary N) is 2. The van der Waals surface area contributed by atoms with E-state index in [1.807, 2.05) is 60.7 Å². The Balaban J connectivity index is 0.762. The van der Waals surface area contributed by atoms with Crippen LogP contribution in [0.3, 0.4) is 0 Å². The van der Waals surface area contributed by atoms with E-state index in [9.17, 15) is 29.7 Å². The number of aromatic carboxylic acids is 3. The predicted molar refractivity (Wildman–Crippen MR) is 359 cm³/mol. The maximum Gasteiger partial charge on any atom is 0.335 e. The Bertz CT molecular complexity index is 4100. The molecule has 4 aliphatic carbocycles. The van der Waals surface area contributed by atoms with Crippen molar-refractivity contribution in [2.45, 2.75) is 124 Å². The molecule has 0 spiro atoms. The van der Waals surface area contributed by atoms with Gasteiger partial charge in [-0.25, -0.2) is 24.4 Å². The summed E-state index contributed by atoms with van der Waals surface area (Å²) in [5.41, 5.74) is 14.4. The zero-order valence-corrected chi connectivity index (χ0v) is 52.4. The Kier molecular flexibility index (Phi) is 16.7. The fourth-order valence-electron chi connectivity index (χ4n) is 16.9. The summed E-state index contributed by atoms with van der Waals surface area (Å²) in [5.74, 6) is 2.68. The minimum Gasteiger partial charge on any atom is -0.494 e. The third-order valence-corrected chi connectivity index (χ3v) is 21.6. The fourth-order valence-corrected chi connectivity index (χ4v) is 16.9. The highest BCUT2D eigenvalue weighted by molar-refractivity contribution is 6.01. The molecule has 0 unspecified atom stereocenters. The van der Waals surface area contributed by atoms with Crippen LogP contribution < -0.4 is 4.74 Å². The molecule has 90 heavy (non-hydrogen) atoms. The average Bonchev–Trinajstić information content (AvgIpc) is 1.33. The molecular weight excluding hydrogens is 1120 g/mol. The van der Waals surface area contributed by atoms with Gasteiger partial charge in [-0.05, 0) is 230 Å². The number of nitrogens with zero attached hydrogens (tertiary/aromatic N) is 2. The van der Waals surface area contributed by atoms with Crippen molar-refractivity contribution < 1.29 is 39.2 Å². The van der Waals surface area contributed by atoms with Gasteiger partial charge >= 0.3 is 17.9 Å². The summed E-state index contributed by atoms with van der Waals surface area (Å²) in [6.07, 6.45) is 27.1. The number of aromatic amines is 2. The lowest BCUT2D eigenvalue weighted by atomic mass is 9.47. The highest BCUT2D eigenvalue weighted by Crippen LogP contribution is 2.67. The van der Waals surface area contributed by atoms with E-state index in [1.165, 1.54) is 57.8 Å². The molecule has 3 aromatic heterocycles. The van der Waals surface area contributed by atoms with Gasteiger partial charge in [0.1, 0.15) is 5.75 Å². The number of unbranched alkanes of at least 4 members (excludes halogenated alkanes) is 1. The van der Waals surface area contributed by atoms with Crippen LogP contribution in [0, 0.1) is 46.3 Å². The average molecular weight is 1200 g/mol. The van der Waals surface area contributed by atoms with Crippen molar-refractivity contribution in [1.29, 1.82) is 0 Å². The van der Waals surface area contributed by atoms with Crippen molar-refractivity contribution in [3.05, 3.63) is 172 Å². The van der Waals surface area contributed by atoms with Crippen molar-refractivity contribution in [2.75, 3.05) is 13.2 Å². The SMILES string of the molecule is CC(C)CCC[C@@H](C)[C@H]1CC[C@H]2[C@@H]3CC=C4C[C@@H](OCCCCOc5ccc(-c6c7nc(c(-c8ccc(C(=O)O)cc8)c8ccc([nH]8)c(-c8ccc(C(=O)O)cc8)c8nc(c(-c9ccc(C(=O)O)cc9)c9ccc6[nH]9)C=C8)C=C7)cc5)CC[C@]4(C)[C@H]3CC[C@]12C. The molecule has 462 valence electrons. The van der Waals surface area contributed by atoms with Gasteiger partial charge in [-0.3, -0.25) is 0 Å². The number of benzene rings is 4. The predicted octanol–water partition coefficient (Wildman–Crippen LogP) is 19.0. The summed E-state index contributed by atoms with van der Waals surface area (Å²) >= 11 is 0. The molecule has 12 nitrogen and oxygen atoms in total. The Morgan fingerprint density at radius 1 is 0.533 bits per heavy atom. The Morgan fingerprint density at radius 2 is 0.989 bits per heavy atom. The van der Waals surface area contributed by atoms with Gasteiger partial charge in [0.25, 0.3) is 0 Å². The monoisotopic (exact) mass is 1200 g/mol. The first kappa shape index (κ1) is 60.3. The van der Waals surface area contributed by atoms with Gasteiger partial charge in [-0.1, -0.05) is 114 Å².